The molecular weight excluding hydrogens is 225 g/mol. The van der Waals surface area contributed by atoms with Crippen LogP contribution in [0.15, 0.2) is 24.3 Å². The van der Waals surface area contributed by atoms with Crippen LogP contribution < -0.4 is 5.73 Å². The van der Waals surface area contributed by atoms with E-state index in [9.17, 15) is 4.39 Å². The quantitative estimate of drug-likeness (QED) is 0.879. The molecule has 88 valence electrons. The van der Waals surface area contributed by atoms with Gasteiger partial charge in [0.25, 0.3) is 0 Å². The number of nitrogens with two attached hydrogens (primary N) is 1. The fraction of sp³-hybridized carbons (Fsp3) is 0.500. The lowest BCUT2D eigenvalue weighted by molar-refractivity contribution is 0.0452. The summed E-state index contributed by atoms with van der Waals surface area (Å²) >= 11 is 1.72. The molecule has 0 radical (unpaired) electrons. The molecule has 1 aromatic rings. The Bertz CT molecular complexity index is 355. The maximum atomic E-state index is 13.7. The van der Waals surface area contributed by atoms with E-state index >= 15 is 0 Å². The van der Waals surface area contributed by atoms with Crippen molar-refractivity contribution in [1.29, 1.82) is 0 Å². The molecule has 1 aliphatic rings. The molecule has 1 fully saturated rings. The zero-order chi connectivity index (χ0) is 11.5. The van der Waals surface area contributed by atoms with Gasteiger partial charge in [0.05, 0.1) is 18.5 Å². The molecule has 1 saturated heterocycles. The van der Waals surface area contributed by atoms with Crippen LogP contribution in [0.25, 0.3) is 0 Å². The largest absolute Gasteiger partial charge is 0.379 e. The van der Waals surface area contributed by atoms with Crippen LogP contribution in [0.2, 0.25) is 0 Å². The molecule has 4 heteroatoms. The Morgan fingerprint density at radius 1 is 1.44 bits per heavy atom. The minimum absolute atomic E-state index is 0.00935. The minimum Gasteiger partial charge on any atom is -0.379 e. The molecule has 1 aliphatic heterocycles. The number of ether oxygens (including phenoxy) is 1. The third kappa shape index (κ3) is 2.56. The summed E-state index contributed by atoms with van der Waals surface area (Å²) < 4.78 is 18.8. The van der Waals surface area contributed by atoms with Gasteiger partial charge in [-0.15, -0.1) is 11.8 Å². The Kier molecular flexibility index (Phi) is 3.84. The first-order valence-corrected chi connectivity index (χ1v) is 6.36. The van der Waals surface area contributed by atoms with Crippen LogP contribution in [0, 0.1) is 5.82 Å². The first-order valence-electron chi connectivity index (χ1n) is 5.41. The molecule has 2 nitrogen and oxygen atoms in total. The summed E-state index contributed by atoms with van der Waals surface area (Å²) in [6, 6.07) is 6.79. The molecule has 0 spiro atoms. The van der Waals surface area contributed by atoms with Crippen molar-refractivity contribution in [2.24, 2.45) is 5.73 Å². The van der Waals surface area contributed by atoms with Crippen molar-refractivity contribution < 1.29 is 9.13 Å². The van der Waals surface area contributed by atoms with Crippen LogP contribution in [0.5, 0.6) is 0 Å². The maximum Gasteiger partial charge on any atom is 0.127 e. The van der Waals surface area contributed by atoms with Crippen LogP contribution in [-0.4, -0.2) is 24.5 Å². The van der Waals surface area contributed by atoms with E-state index in [4.69, 9.17) is 10.5 Å². The fourth-order valence-corrected chi connectivity index (χ4v) is 3.04. The molecule has 2 atom stereocenters. The van der Waals surface area contributed by atoms with E-state index < -0.39 is 0 Å². The Hall–Kier alpha value is -0.580. The molecule has 1 heterocycles. The second-order valence-electron chi connectivity index (χ2n) is 4.10. The average molecular weight is 241 g/mol. The van der Waals surface area contributed by atoms with Gasteiger partial charge in [0, 0.05) is 16.9 Å². The molecule has 0 aliphatic carbocycles. The summed E-state index contributed by atoms with van der Waals surface area (Å²) in [7, 11) is 0. The van der Waals surface area contributed by atoms with Crippen molar-refractivity contribution in [3.05, 3.63) is 35.6 Å². The molecule has 2 unspecified atom stereocenters. The monoisotopic (exact) mass is 241 g/mol. The van der Waals surface area contributed by atoms with Gasteiger partial charge < -0.3 is 10.5 Å². The van der Waals surface area contributed by atoms with Crippen LogP contribution in [0.4, 0.5) is 4.39 Å². The highest BCUT2D eigenvalue weighted by Crippen LogP contribution is 2.37. The lowest BCUT2D eigenvalue weighted by atomic mass is 10.1. The van der Waals surface area contributed by atoms with E-state index in [0.29, 0.717) is 10.8 Å². The number of halogens is 1. The highest BCUT2D eigenvalue weighted by atomic mass is 32.2. The van der Waals surface area contributed by atoms with Crippen LogP contribution in [-0.2, 0) is 4.74 Å². The van der Waals surface area contributed by atoms with Gasteiger partial charge in [-0.1, -0.05) is 18.2 Å². The van der Waals surface area contributed by atoms with Gasteiger partial charge in [0.2, 0.25) is 0 Å². The molecule has 0 saturated carbocycles. The van der Waals surface area contributed by atoms with E-state index in [-0.39, 0.29) is 17.1 Å². The number of hydrogen-bond donors (Lipinski definition) is 1. The Labute approximate surface area is 99.4 Å². The summed E-state index contributed by atoms with van der Waals surface area (Å²) in [5.41, 5.74) is 6.64. The van der Waals surface area contributed by atoms with Gasteiger partial charge in [-0.3, -0.25) is 0 Å². The number of rotatable bonds is 4. The highest BCUT2D eigenvalue weighted by Gasteiger charge is 2.28. The van der Waals surface area contributed by atoms with Gasteiger partial charge in [-0.2, -0.15) is 0 Å². The molecule has 16 heavy (non-hydrogen) atoms. The van der Waals surface area contributed by atoms with Crippen molar-refractivity contribution in [1.82, 2.24) is 0 Å². The standard InChI is InChI=1S/C12H16FNOS/c1-8(14)12(16-9-6-15-7-9)10-4-2-3-5-11(10)13/h2-5,8-9,12H,6-7,14H2,1H3. The Balaban J connectivity index is 2.14. The average Bonchev–Trinajstić information content (AvgIpc) is 2.18. The molecule has 1 aromatic carbocycles. The second-order valence-corrected chi connectivity index (χ2v) is 5.54. The van der Waals surface area contributed by atoms with Crippen molar-refractivity contribution in [2.75, 3.05) is 13.2 Å². The van der Waals surface area contributed by atoms with Gasteiger partial charge >= 0.3 is 0 Å². The SMILES string of the molecule is CC(N)C(SC1COC1)c1ccccc1F. The zero-order valence-electron chi connectivity index (χ0n) is 9.23. The van der Waals surface area contributed by atoms with Crippen molar-refractivity contribution >= 4 is 11.8 Å². The van der Waals surface area contributed by atoms with Gasteiger partial charge in [0.15, 0.2) is 0 Å². The molecule has 0 bridgehead atoms. The summed E-state index contributed by atoms with van der Waals surface area (Å²) in [5, 5.41) is 0.464. The third-order valence-corrected chi connectivity index (χ3v) is 4.27. The van der Waals surface area contributed by atoms with E-state index in [1.54, 1.807) is 17.8 Å². The van der Waals surface area contributed by atoms with Crippen LogP contribution in [0.1, 0.15) is 17.7 Å². The molecule has 0 amide bonds. The fourth-order valence-electron chi connectivity index (χ4n) is 1.69. The predicted molar refractivity (Wildman–Crippen MR) is 65.0 cm³/mol. The van der Waals surface area contributed by atoms with Crippen LogP contribution >= 0.6 is 11.8 Å². The predicted octanol–water partition coefficient (Wildman–Crippen LogP) is 2.35. The Morgan fingerprint density at radius 3 is 2.62 bits per heavy atom. The van der Waals surface area contributed by atoms with E-state index in [2.05, 4.69) is 0 Å². The first kappa shape index (κ1) is 11.9. The van der Waals surface area contributed by atoms with Crippen molar-refractivity contribution in [3.8, 4) is 0 Å². The van der Waals surface area contributed by atoms with Gasteiger partial charge in [-0.05, 0) is 13.0 Å². The number of thioether (sulfide) groups is 1. The maximum absolute atomic E-state index is 13.7. The third-order valence-electron chi connectivity index (χ3n) is 2.64. The van der Waals surface area contributed by atoms with Crippen molar-refractivity contribution in [2.45, 2.75) is 23.5 Å². The van der Waals surface area contributed by atoms with Gasteiger partial charge in [-0.25, -0.2) is 4.39 Å². The van der Waals surface area contributed by atoms with Crippen molar-refractivity contribution in [3.63, 3.8) is 0 Å². The van der Waals surface area contributed by atoms with E-state index in [0.717, 1.165) is 13.2 Å². The molecule has 2 rings (SSSR count). The lowest BCUT2D eigenvalue weighted by Gasteiger charge is -2.31. The summed E-state index contributed by atoms with van der Waals surface area (Å²) in [5.74, 6) is -0.169. The topological polar surface area (TPSA) is 35.2 Å². The lowest BCUT2D eigenvalue weighted by Crippen LogP contribution is -2.34. The Morgan fingerprint density at radius 2 is 2.12 bits per heavy atom. The zero-order valence-corrected chi connectivity index (χ0v) is 10.0. The second kappa shape index (κ2) is 5.17. The minimum atomic E-state index is -0.169. The van der Waals surface area contributed by atoms with E-state index in [1.807, 2.05) is 19.1 Å². The van der Waals surface area contributed by atoms with Crippen LogP contribution in [0.3, 0.4) is 0 Å². The number of hydrogen-bond acceptors (Lipinski definition) is 3. The highest BCUT2D eigenvalue weighted by molar-refractivity contribution is 8.00. The smallest absolute Gasteiger partial charge is 0.127 e. The summed E-state index contributed by atoms with van der Waals surface area (Å²) in [4.78, 5) is 0. The first-order chi connectivity index (χ1) is 7.68. The van der Waals surface area contributed by atoms with E-state index in [1.165, 1.54) is 6.07 Å². The number of benzene rings is 1. The summed E-state index contributed by atoms with van der Waals surface area (Å²) in [6.07, 6.45) is 0. The van der Waals surface area contributed by atoms with Gasteiger partial charge in [0.1, 0.15) is 5.82 Å². The molecule has 2 N–H and O–H groups in total. The molecular formula is C12H16FNOS. The summed E-state index contributed by atoms with van der Waals surface area (Å²) in [6.45, 7) is 3.42. The molecule has 0 aromatic heterocycles. The normalized spacial score (nSPS) is 20.2.